The van der Waals surface area contributed by atoms with E-state index in [2.05, 4.69) is 0 Å². The smallest absolute Gasteiger partial charge is 0.122 e. The molecule has 2 nitrogen and oxygen atoms in total. The zero-order chi connectivity index (χ0) is 8.43. The molecular formula is C9H14ClNO. The summed E-state index contributed by atoms with van der Waals surface area (Å²) in [6.45, 7) is 4.27. The number of phenols is 1. The lowest BCUT2D eigenvalue weighted by Crippen LogP contribution is -1.98. The lowest BCUT2D eigenvalue weighted by Gasteiger charge is -2.05. The van der Waals surface area contributed by atoms with E-state index in [4.69, 9.17) is 5.73 Å². The van der Waals surface area contributed by atoms with Crippen molar-refractivity contribution in [2.24, 2.45) is 5.73 Å². The number of benzene rings is 1. The third-order valence-electron chi connectivity index (χ3n) is 1.74. The van der Waals surface area contributed by atoms with E-state index in [1.807, 2.05) is 26.0 Å². The van der Waals surface area contributed by atoms with Crippen molar-refractivity contribution in [1.29, 1.82) is 0 Å². The molecule has 12 heavy (non-hydrogen) atoms. The third kappa shape index (κ3) is 2.13. The van der Waals surface area contributed by atoms with Crippen molar-refractivity contribution in [3.05, 3.63) is 28.8 Å². The van der Waals surface area contributed by atoms with Gasteiger partial charge in [0.05, 0.1) is 0 Å². The van der Waals surface area contributed by atoms with Crippen molar-refractivity contribution in [2.75, 3.05) is 0 Å². The Kier molecular flexibility index (Phi) is 4.07. The SMILES string of the molecule is Cc1cc(C)c(O)c(CN)c1.Cl. The maximum Gasteiger partial charge on any atom is 0.122 e. The minimum absolute atomic E-state index is 0. The average Bonchev–Trinajstić information content (AvgIpc) is 1.96. The number of hydrogen-bond acceptors (Lipinski definition) is 2. The molecule has 0 bridgehead atoms. The van der Waals surface area contributed by atoms with Crippen LogP contribution in [0.5, 0.6) is 5.75 Å². The Morgan fingerprint density at radius 3 is 2.42 bits per heavy atom. The van der Waals surface area contributed by atoms with Gasteiger partial charge in [-0.25, -0.2) is 0 Å². The standard InChI is InChI=1S/C9H13NO.ClH/c1-6-3-7(2)9(11)8(4-6)5-10;/h3-4,11H,5,10H2,1-2H3;1H. The van der Waals surface area contributed by atoms with Gasteiger partial charge in [-0.05, 0) is 19.4 Å². The Bertz CT molecular complexity index is 273. The van der Waals surface area contributed by atoms with Crippen LogP contribution in [0, 0.1) is 13.8 Å². The maximum atomic E-state index is 9.44. The first-order valence-electron chi connectivity index (χ1n) is 3.64. The molecule has 0 atom stereocenters. The minimum atomic E-state index is 0. The molecule has 3 N–H and O–H groups in total. The maximum absolute atomic E-state index is 9.44. The molecule has 0 aromatic heterocycles. The molecule has 0 saturated carbocycles. The second-order valence-electron chi connectivity index (χ2n) is 2.79. The topological polar surface area (TPSA) is 46.2 Å². The van der Waals surface area contributed by atoms with E-state index < -0.39 is 0 Å². The first-order chi connectivity index (χ1) is 5.15. The first kappa shape index (κ1) is 11.3. The van der Waals surface area contributed by atoms with Gasteiger partial charge >= 0.3 is 0 Å². The van der Waals surface area contributed by atoms with E-state index in [0.29, 0.717) is 12.3 Å². The van der Waals surface area contributed by atoms with Crippen LogP contribution in [0.3, 0.4) is 0 Å². The molecule has 0 radical (unpaired) electrons. The van der Waals surface area contributed by atoms with E-state index in [1.54, 1.807) is 0 Å². The predicted molar refractivity (Wildman–Crippen MR) is 52.7 cm³/mol. The van der Waals surface area contributed by atoms with Crippen molar-refractivity contribution in [1.82, 2.24) is 0 Å². The van der Waals surface area contributed by atoms with Gasteiger partial charge in [-0.15, -0.1) is 12.4 Å². The Morgan fingerprint density at radius 1 is 1.33 bits per heavy atom. The van der Waals surface area contributed by atoms with Crippen molar-refractivity contribution in [3.63, 3.8) is 0 Å². The normalized spacial score (nSPS) is 9.25. The van der Waals surface area contributed by atoms with Crippen LogP contribution in [0.25, 0.3) is 0 Å². The summed E-state index contributed by atoms with van der Waals surface area (Å²) >= 11 is 0. The second-order valence-corrected chi connectivity index (χ2v) is 2.79. The third-order valence-corrected chi connectivity index (χ3v) is 1.74. The molecule has 0 heterocycles. The summed E-state index contributed by atoms with van der Waals surface area (Å²) in [5, 5.41) is 9.44. The zero-order valence-electron chi connectivity index (χ0n) is 7.29. The largest absolute Gasteiger partial charge is 0.507 e. The van der Waals surface area contributed by atoms with Crippen molar-refractivity contribution < 1.29 is 5.11 Å². The molecule has 1 aromatic rings. The van der Waals surface area contributed by atoms with E-state index in [1.165, 1.54) is 0 Å². The molecule has 0 saturated heterocycles. The molecule has 0 unspecified atom stereocenters. The number of aromatic hydroxyl groups is 1. The van der Waals surface area contributed by atoms with E-state index in [-0.39, 0.29) is 12.4 Å². The predicted octanol–water partition coefficient (Wildman–Crippen LogP) is 1.89. The van der Waals surface area contributed by atoms with Crippen LogP contribution in [0.1, 0.15) is 16.7 Å². The molecule has 0 amide bonds. The molecule has 0 aliphatic carbocycles. The van der Waals surface area contributed by atoms with Gasteiger partial charge < -0.3 is 10.8 Å². The highest BCUT2D eigenvalue weighted by atomic mass is 35.5. The molecular weight excluding hydrogens is 174 g/mol. The number of hydrogen-bond donors (Lipinski definition) is 2. The number of nitrogens with two attached hydrogens (primary N) is 1. The summed E-state index contributed by atoms with van der Waals surface area (Å²) in [4.78, 5) is 0. The summed E-state index contributed by atoms with van der Waals surface area (Å²) in [6, 6.07) is 3.84. The van der Waals surface area contributed by atoms with Crippen LogP contribution in [0.2, 0.25) is 0 Å². The highest BCUT2D eigenvalue weighted by Crippen LogP contribution is 2.22. The van der Waals surface area contributed by atoms with Crippen LogP contribution in [-0.4, -0.2) is 5.11 Å². The molecule has 0 spiro atoms. The number of phenolic OH excluding ortho intramolecular Hbond substituents is 1. The van der Waals surface area contributed by atoms with E-state index in [9.17, 15) is 5.11 Å². The molecule has 0 aliphatic rings. The van der Waals surface area contributed by atoms with Gasteiger partial charge in [0.25, 0.3) is 0 Å². The van der Waals surface area contributed by atoms with Crippen LogP contribution >= 0.6 is 12.4 Å². The van der Waals surface area contributed by atoms with E-state index in [0.717, 1.165) is 16.7 Å². The monoisotopic (exact) mass is 187 g/mol. The fourth-order valence-corrected chi connectivity index (χ4v) is 1.20. The summed E-state index contributed by atoms with van der Waals surface area (Å²) in [7, 11) is 0. The quantitative estimate of drug-likeness (QED) is 0.706. The average molecular weight is 188 g/mol. The highest BCUT2D eigenvalue weighted by molar-refractivity contribution is 5.85. The fourth-order valence-electron chi connectivity index (χ4n) is 1.20. The van der Waals surface area contributed by atoms with Crippen LogP contribution < -0.4 is 5.73 Å². The van der Waals surface area contributed by atoms with Gasteiger partial charge in [-0.2, -0.15) is 0 Å². The molecule has 1 aromatic carbocycles. The lowest BCUT2D eigenvalue weighted by atomic mass is 10.1. The summed E-state index contributed by atoms with van der Waals surface area (Å²) in [6.07, 6.45) is 0. The second kappa shape index (κ2) is 4.33. The van der Waals surface area contributed by atoms with Crippen LogP contribution in [0.4, 0.5) is 0 Å². The zero-order valence-corrected chi connectivity index (χ0v) is 8.11. The summed E-state index contributed by atoms with van der Waals surface area (Å²) in [5.41, 5.74) is 8.28. The molecule has 0 aliphatic heterocycles. The number of rotatable bonds is 1. The van der Waals surface area contributed by atoms with Gasteiger partial charge in [0.1, 0.15) is 5.75 Å². The van der Waals surface area contributed by atoms with Crippen molar-refractivity contribution >= 4 is 12.4 Å². The summed E-state index contributed by atoms with van der Waals surface area (Å²) in [5.74, 6) is 0.332. The van der Waals surface area contributed by atoms with Crippen molar-refractivity contribution in [2.45, 2.75) is 20.4 Å². The first-order valence-corrected chi connectivity index (χ1v) is 3.64. The van der Waals surface area contributed by atoms with E-state index >= 15 is 0 Å². The van der Waals surface area contributed by atoms with Crippen LogP contribution in [0.15, 0.2) is 12.1 Å². The molecule has 0 fully saturated rings. The van der Waals surface area contributed by atoms with Crippen molar-refractivity contribution in [3.8, 4) is 5.75 Å². The van der Waals surface area contributed by atoms with Crippen LogP contribution in [-0.2, 0) is 6.54 Å². The van der Waals surface area contributed by atoms with Gasteiger partial charge in [-0.3, -0.25) is 0 Å². The van der Waals surface area contributed by atoms with Gasteiger partial charge in [0.15, 0.2) is 0 Å². The van der Waals surface area contributed by atoms with Gasteiger partial charge in [-0.1, -0.05) is 17.7 Å². The Labute approximate surface area is 78.8 Å². The minimum Gasteiger partial charge on any atom is -0.507 e. The number of aryl methyl sites for hydroxylation is 2. The van der Waals surface area contributed by atoms with Gasteiger partial charge in [0.2, 0.25) is 0 Å². The Hall–Kier alpha value is -0.730. The molecule has 3 heteroatoms. The lowest BCUT2D eigenvalue weighted by molar-refractivity contribution is 0.464. The fraction of sp³-hybridized carbons (Fsp3) is 0.333. The summed E-state index contributed by atoms with van der Waals surface area (Å²) < 4.78 is 0. The molecule has 68 valence electrons. The van der Waals surface area contributed by atoms with Gasteiger partial charge in [0, 0.05) is 12.1 Å². The molecule has 1 rings (SSSR count). The number of halogens is 1. The Balaban J connectivity index is 0.00000121. The highest BCUT2D eigenvalue weighted by Gasteiger charge is 2.02. The Morgan fingerprint density at radius 2 is 1.92 bits per heavy atom.